The van der Waals surface area contributed by atoms with E-state index in [1.54, 1.807) is 4.90 Å². The van der Waals surface area contributed by atoms with Crippen molar-refractivity contribution in [3.05, 3.63) is 59.7 Å². The van der Waals surface area contributed by atoms with E-state index in [0.717, 1.165) is 0 Å². The zero-order chi connectivity index (χ0) is 19.9. The molecular formula is C22H25NO4Si. The lowest BCUT2D eigenvalue weighted by molar-refractivity contribution is -0.145. The predicted molar refractivity (Wildman–Crippen MR) is 110 cm³/mol. The number of carbonyl (C=O) groups excluding carboxylic acids is 2. The van der Waals surface area contributed by atoms with Crippen LogP contribution in [-0.2, 0) is 14.3 Å². The summed E-state index contributed by atoms with van der Waals surface area (Å²) in [5, 5.41) is 0. The van der Waals surface area contributed by atoms with Crippen LogP contribution in [0.5, 0.6) is 0 Å². The Morgan fingerprint density at radius 3 is 2.18 bits per heavy atom. The SMILES string of the molecule is COC(=O)[C@@H]1C[Si](C)(C)CN1C(=O)OCC1c2ccccc2-c2ccccc21. The predicted octanol–water partition coefficient (Wildman–Crippen LogP) is 4.04. The molecule has 2 aliphatic rings. The van der Waals surface area contributed by atoms with Crippen LogP contribution in [0.4, 0.5) is 4.79 Å². The summed E-state index contributed by atoms with van der Waals surface area (Å²) in [5.41, 5.74) is 4.75. The Bertz CT molecular complexity index is 881. The molecule has 1 aliphatic carbocycles. The molecule has 0 N–H and O–H groups in total. The van der Waals surface area contributed by atoms with Crippen LogP contribution in [0.25, 0.3) is 11.1 Å². The van der Waals surface area contributed by atoms with Gasteiger partial charge in [0.05, 0.1) is 15.2 Å². The van der Waals surface area contributed by atoms with Crippen LogP contribution in [0.1, 0.15) is 17.0 Å². The second-order valence-corrected chi connectivity index (χ2v) is 13.4. The van der Waals surface area contributed by atoms with Gasteiger partial charge in [0, 0.05) is 12.1 Å². The molecule has 1 saturated heterocycles. The molecule has 146 valence electrons. The number of esters is 1. The van der Waals surface area contributed by atoms with Crippen LogP contribution >= 0.6 is 0 Å². The number of amides is 1. The smallest absolute Gasteiger partial charge is 0.410 e. The molecule has 0 aromatic heterocycles. The van der Waals surface area contributed by atoms with Crippen molar-refractivity contribution in [2.75, 3.05) is 19.9 Å². The first-order valence-electron chi connectivity index (χ1n) is 9.61. The van der Waals surface area contributed by atoms with Gasteiger partial charge in [-0.05, 0) is 28.3 Å². The van der Waals surface area contributed by atoms with Gasteiger partial charge in [-0.2, -0.15) is 0 Å². The number of benzene rings is 2. The molecule has 5 nitrogen and oxygen atoms in total. The molecular weight excluding hydrogens is 370 g/mol. The number of ether oxygens (including phenoxy) is 2. The average Bonchev–Trinajstić information content (AvgIpc) is 3.20. The van der Waals surface area contributed by atoms with Crippen molar-refractivity contribution in [2.24, 2.45) is 0 Å². The maximum atomic E-state index is 12.9. The van der Waals surface area contributed by atoms with Gasteiger partial charge in [0.1, 0.15) is 12.6 Å². The topological polar surface area (TPSA) is 55.8 Å². The van der Waals surface area contributed by atoms with Crippen molar-refractivity contribution >= 4 is 20.1 Å². The van der Waals surface area contributed by atoms with E-state index in [0.29, 0.717) is 12.2 Å². The lowest BCUT2D eigenvalue weighted by Gasteiger charge is -2.24. The molecule has 0 saturated carbocycles. The van der Waals surface area contributed by atoms with E-state index in [2.05, 4.69) is 37.4 Å². The molecule has 1 fully saturated rings. The zero-order valence-electron chi connectivity index (χ0n) is 16.5. The Hall–Kier alpha value is -2.60. The Morgan fingerprint density at radius 1 is 1.04 bits per heavy atom. The maximum Gasteiger partial charge on any atom is 0.410 e. The highest BCUT2D eigenvalue weighted by atomic mass is 28.3. The molecule has 6 heteroatoms. The summed E-state index contributed by atoms with van der Waals surface area (Å²) >= 11 is 0. The van der Waals surface area contributed by atoms with E-state index in [1.807, 2.05) is 24.3 Å². The third-order valence-electron chi connectivity index (χ3n) is 5.76. The highest BCUT2D eigenvalue weighted by Gasteiger charge is 2.46. The summed E-state index contributed by atoms with van der Waals surface area (Å²) in [5.74, 6) is -0.340. The quantitative estimate of drug-likeness (QED) is 0.581. The summed E-state index contributed by atoms with van der Waals surface area (Å²) in [4.78, 5) is 26.6. The van der Waals surface area contributed by atoms with Crippen molar-refractivity contribution < 1.29 is 19.1 Å². The fourth-order valence-corrected chi connectivity index (χ4v) is 7.32. The Kier molecular flexibility index (Phi) is 4.75. The van der Waals surface area contributed by atoms with Crippen molar-refractivity contribution in [3.8, 4) is 11.1 Å². The van der Waals surface area contributed by atoms with Gasteiger partial charge in [-0.3, -0.25) is 4.90 Å². The van der Waals surface area contributed by atoms with Crippen molar-refractivity contribution in [2.45, 2.75) is 31.1 Å². The highest BCUT2D eigenvalue weighted by Crippen LogP contribution is 2.44. The standard InChI is InChI=1S/C22H25NO4Si/c1-26-21(24)20-13-28(2,3)14-23(20)22(25)27-12-19-17-10-6-4-8-15(17)16-9-5-7-11-18(16)19/h4-11,19-20H,12-14H2,1-3H3/t20-/m0/s1. The van der Waals surface area contributed by atoms with E-state index in [9.17, 15) is 9.59 Å². The first-order valence-corrected chi connectivity index (χ1v) is 13.0. The van der Waals surface area contributed by atoms with E-state index in [-0.39, 0.29) is 18.5 Å². The van der Waals surface area contributed by atoms with Gasteiger partial charge in [0.25, 0.3) is 0 Å². The van der Waals surface area contributed by atoms with E-state index >= 15 is 0 Å². The van der Waals surface area contributed by atoms with Crippen LogP contribution in [0, 0.1) is 0 Å². The lowest BCUT2D eigenvalue weighted by Crippen LogP contribution is -2.42. The normalized spacial score (nSPS) is 19.8. The number of rotatable bonds is 3. The first kappa shape index (κ1) is 18.7. The van der Waals surface area contributed by atoms with Crippen LogP contribution in [0.3, 0.4) is 0 Å². The Morgan fingerprint density at radius 2 is 1.61 bits per heavy atom. The molecule has 1 aliphatic heterocycles. The van der Waals surface area contributed by atoms with E-state index < -0.39 is 20.2 Å². The Balaban J connectivity index is 1.53. The van der Waals surface area contributed by atoms with Gasteiger partial charge in [-0.15, -0.1) is 0 Å². The molecule has 28 heavy (non-hydrogen) atoms. The number of hydrogen-bond acceptors (Lipinski definition) is 4. The maximum absolute atomic E-state index is 12.9. The summed E-state index contributed by atoms with van der Waals surface area (Å²) in [6.07, 6.45) is 0.194. The molecule has 1 amide bonds. The fourth-order valence-electron chi connectivity index (χ4n) is 4.48. The third kappa shape index (κ3) is 3.22. The molecule has 1 atom stereocenters. The minimum atomic E-state index is -1.66. The molecule has 4 rings (SSSR count). The molecule has 0 spiro atoms. The third-order valence-corrected chi connectivity index (χ3v) is 8.45. The Labute approximate surface area is 166 Å². The summed E-state index contributed by atoms with van der Waals surface area (Å²) in [7, 11) is -0.293. The molecule has 0 bridgehead atoms. The number of hydrogen-bond donors (Lipinski definition) is 0. The summed E-state index contributed by atoms with van der Waals surface area (Å²) < 4.78 is 10.7. The molecule has 0 radical (unpaired) electrons. The van der Waals surface area contributed by atoms with E-state index in [4.69, 9.17) is 9.47 Å². The van der Waals surface area contributed by atoms with Gasteiger partial charge in [0.2, 0.25) is 0 Å². The van der Waals surface area contributed by atoms with Crippen molar-refractivity contribution in [3.63, 3.8) is 0 Å². The number of methoxy groups -OCH3 is 1. The highest BCUT2D eigenvalue weighted by molar-refractivity contribution is 6.78. The number of fused-ring (bicyclic) bond motifs is 3. The minimum absolute atomic E-state index is 0.0146. The van der Waals surface area contributed by atoms with Crippen LogP contribution in [0.15, 0.2) is 48.5 Å². The number of carbonyl (C=O) groups is 2. The average molecular weight is 396 g/mol. The second-order valence-electron chi connectivity index (χ2n) is 8.34. The summed E-state index contributed by atoms with van der Waals surface area (Å²) in [6, 6.07) is 16.7. The van der Waals surface area contributed by atoms with Crippen molar-refractivity contribution in [1.29, 1.82) is 0 Å². The van der Waals surface area contributed by atoms with Gasteiger partial charge < -0.3 is 9.47 Å². The van der Waals surface area contributed by atoms with Crippen LogP contribution in [0.2, 0.25) is 19.1 Å². The van der Waals surface area contributed by atoms with Gasteiger partial charge in [-0.25, -0.2) is 9.59 Å². The molecule has 0 unspecified atom stereocenters. The first-order chi connectivity index (χ1) is 13.4. The van der Waals surface area contributed by atoms with Crippen LogP contribution < -0.4 is 0 Å². The summed E-state index contributed by atoms with van der Waals surface area (Å²) in [6.45, 7) is 4.62. The van der Waals surface area contributed by atoms with Crippen molar-refractivity contribution in [1.82, 2.24) is 4.90 Å². The minimum Gasteiger partial charge on any atom is -0.467 e. The van der Waals surface area contributed by atoms with E-state index in [1.165, 1.54) is 29.4 Å². The molecule has 2 aromatic carbocycles. The van der Waals surface area contributed by atoms with Gasteiger partial charge in [0.15, 0.2) is 0 Å². The van der Waals surface area contributed by atoms with Gasteiger partial charge >= 0.3 is 12.1 Å². The zero-order valence-corrected chi connectivity index (χ0v) is 17.5. The largest absolute Gasteiger partial charge is 0.467 e. The van der Waals surface area contributed by atoms with Crippen LogP contribution in [-0.4, -0.2) is 51.0 Å². The number of nitrogens with zero attached hydrogens (tertiary/aromatic N) is 1. The lowest BCUT2D eigenvalue weighted by atomic mass is 9.98. The monoisotopic (exact) mass is 395 g/mol. The second kappa shape index (κ2) is 7.09. The molecule has 1 heterocycles. The molecule has 2 aromatic rings. The van der Waals surface area contributed by atoms with Gasteiger partial charge in [-0.1, -0.05) is 61.6 Å². The fraction of sp³-hybridized carbons (Fsp3) is 0.364.